The minimum Gasteiger partial charge on any atom is -0.336 e. The topological polar surface area (TPSA) is 99.3 Å². The Balaban J connectivity index is 1.99. The zero-order chi connectivity index (χ0) is 19.1. The molecule has 0 aliphatic heterocycles. The third-order valence-corrected chi connectivity index (χ3v) is 3.27. The Kier molecular flexibility index (Phi) is 6.32. The van der Waals surface area contributed by atoms with Gasteiger partial charge in [0, 0.05) is 35.6 Å². The normalized spacial score (nSPS) is 10.2. The number of urea groups is 1. The van der Waals surface area contributed by atoms with Crippen LogP contribution >= 0.6 is 0 Å². The van der Waals surface area contributed by atoms with Gasteiger partial charge >= 0.3 is 6.03 Å². The van der Waals surface area contributed by atoms with Gasteiger partial charge < -0.3 is 21.3 Å². The van der Waals surface area contributed by atoms with Crippen LogP contribution in [0.1, 0.15) is 31.1 Å². The largest absolute Gasteiger partial charge is 0.336 e. The molecular weight excluding hydrogens is 332 g/mol. The fraction of sp³-hybridized carbons (Fsp3) is 0.211. The smallest absolute Gasteiger partial charge is 0.319 e. The van der Waals surface area contributed by atoms with Gasteiger partial charge in [0.05, 0.1) is 0 Å². The lowest BCUT2D eigenvalue weighted by atomic mass is 10.1. The van der Waals surface area contributed by atoms with Crippen LogP contribution in [0.15, 0.2) is 48.5 Å². The molecule has 0 aromatic heterocycles. The summed E-state index contributed by atoms with van der Waals surface area (Å²) in [6, 6.07) is 13.2. The Morgan fingerprint density at radius 1 is 0.808 bits per heavy atom. The van der Waals surface area contributed by atoms with Gasteiger partial charge in [-0.3, -0.25) is 9.59 Å². The van der Waals surface area contributed by atoms with Crippen LogP contribution in [0.25, 0.3) is 0 Å². The van der Waals surface area contributed by atoms with Crippen LogP contribution in [0.3, 0.4) is 0 Å². The number of rotatable bonds is 5. The third-order valence-electron chi connectivity index (χ3n) is 3.27. The van der Waals surface area contributed by atoms with Gasteiger partial charge in [-0.25, -0.2) is 4.79 Å². The first-order chi connectivity index (χ1) is 12.3. The van der Waals surface area contributed by atoms with Crippen LogP contribution in [-0.2, 0) is 4.79 Å². The van der Waals surface area contributed by atoms with E-state index in [2.05, 4.69) is 21.3 Å². The first-order valence-corrected chi connectivity index (χ1v) is 8.20. The maximum atomic E-state index is 12.3. The van der Waals surface area contributed by atoms with Crippen molar-refractivity contribution in [1.82, 2.24) is 5.32 Å². The van der Waals surface area contributed by atoms with Gasteiger partial charge in [-0.15, -0.1) is 0 Å². The van der Waals surface area contributed by atoms with Crippen LogP contribution < -0.4 is 21.3 Å². The Hall–Kier alpha value is -3.35. The quantitative estimate of drug-likeness (QED) is 0.662. The number of nitrogens with one attached hydrogen (secondary N) is 4. The van der Waals surface area contributed by atoms with Gasteiger partial charge in [-0.05, 0) is 56.3 Å². The Labute approximate surface area is 152 Å². The zero-order valence-corrected chi connectivity index (χ0v) is 14.9. The highest BCUT2D eigenvalue weighted by molar-refractivity contribution is 6.05. The molecule has 4 amide bonds. The number of benzene rings is 2. The molecule has 0 bridgehead atoms. The van der Waals surface area contributed by atoms with E-state index in [0.717, 1.165) is 0 Å². The predicted molar refractivity (Wildman–Crippen MR) is 102 cm³/mol. The molecule has 7 heteroatoms. The van der Waals surface area contributed by atoms with Crippen LogP contribution in [0.5, 0.6) is 0 Å². The van der Waals surface area contributed by atoms with Crippen molar-refractivity contribution in [3.63, 3.8) is 0 Å². The molecular formula is C19H22N4O3. The average molecular weight is 354 g/mol. The minimum atomic E-state index is -0.296. The highest BCUT2D eigenvalue weighted by Crippen LogP contribution is 2.16. The van der Waals surface area contributed by atoms with Crippen molar-refractivity contribution in [2.45, 2.75) is 26.8 Å². The van der Waals surface area contributed by atoms with Crippen molar-refractivity contribution < 1.29 is 14.4 Å². The highest BCUT2D eigenvalue weighted by atomic mass is 16.2. The van der Waals surface area contributed by atoms with Crippen molar-refractivity contribution >= 4 is 34.9 Å². The highest BCUT2D eigenvalue weighted by Gasteiger charge is 2.08. The molecule has 0 aliphatic rings. The molecule has 0 heterocycles. The number of carbonyl (C=O) groups excluding carboxylic acids is 3. The maximum Gasteiger partial charge on any atom is 0.319 e. The zero-order valence-electron chi connectivity index (χ0n) is 14.9. The summed E-state index contributed by atoms with van der Waals surface area (Å²) in [6.45, 7) is 5.15. The molecule has 0 aliphatic carbocycles. The third kappa shape index (κ3) is 5.94. The van der Waals surface area contributed by atoms with E-state index in [1.54, 1.807) is 48.5 Å². The van der Waals surface area contributed by atoms with Crippen molar-refractivity contribution in [2.24, 2.45) is 0 Å². The Morgan fingerprint density at radius 2 is 1.42 bits per heavy atom. The molecule has 0 saturated carbocycles. The van der Waals surface area contributed by atoms with E-state index in [-0.39, 0.29) is 23.9 Å². The molecule has 4 N–H and O–H groups in total. The van der Waals surface area contributed by atoms with E-state index in [9.17, 15) is 14.4 Å². The van der Waals surface area contributed by atoms with E-state index >= 15 is 0 Å². The average Bonchev–Trinajstić information content (AvgIpc) is 2.55. The van der Waals surface area contributed by atoms with Crippen molar-refractivity contribution in [3.05, 3.63) is 54.1 Å². The van der Waals surface area contributed by atoms with E-state index < -0.39 is 0 Å². The Morgan fingerprint density at radius 3 is 2.00 bits per heavy atom. The first-order valence-electron chi connectivity index (χ1n) is 8.20. The van der Waals surface area contributed by atoms with E-state index in [1.165, 1.54) is 6.92 Å². The standard InChI is InChI=1S/C19H22N4O3/c1-12(2)20-19(26)23-16-9-7-15(8-10-16)22-18(25)14-5-4-6-17(11-14)21-13(3)24/h4-12H,1-3H3,(H,21,24)(H,22,25)(H2,20,23,26). The van der Waals surface area contributed by atoms with Gasteiger partial charge in [0.15, 0.2) is 0 Å². The van der Waals surface area contributed by atoms with Crippen LogP contribution in [0.4, 0.5) is 21.9 Å². The summed E-state index contributed by atoms with van der Waals surface area (Å²) in [6.07, 6.45) is 0. The summed E-state index contributed by atoms with van der Waals surface area (Å²) in [7, 11) is 0. The van der Waals surface area contributed by atoms with E-state index in [1.807, 2.05) is 13.8 Å². The summed E-state index contributed by atoms with van der Waals surface area (Å²) in [5, 5.41) is 10.8. The summed E-state index contributed by atoms with van der Waals surface area (Å²) in [4.78, 5) is 35.1. The van der Waals surface area contributed by atoms with Gasteiger partial charge in [0.25, 0.3) is 5.91 Å². The van der Waals surface area contributed by atoms with Gasteiger partial charge in [-0.2, -0.15) is 0 Å². The second kappa shape index (κ2) is 8.66. The second-order valence-corrected chi connectivity index (χ2v) is 6.05. The lowest BCUT2D eigenvalue weighted by Gasteiger charge is -2.11. The number of anilines is 3. The molecule has 0 saturated heterocycles. The lowest BCUT2D eigenvalue weighted by Crippen LogP contribution is -2.34. The van der Waals surface area contributed by atoms with Gasteiger partial charge in [-0.1, -0.05) is 6.07 Å². The minimum absolute atomic E-state index is 0.0433. The molecule has 0 fully saturated rings. The fourth-order valence-corrected chi connectivity index (χ4v) is 2.21. The number of hydrogen-bond acceptors (Lipinski definition) is 3. The molecule has 2 aromatic rings. The number of carbonyl (C=O) groups is 3. The van der Waals surface area contributed by atoms with Crippen molar-refractivity contribution in [2.75, 3.05) is 16.0 Å². The molecule has 0 unspecified atom stereocenters. The molecule has 136 valence electrons. The monoisotopic (exact) mass is 354 g/mol. The van der Waals surface area contributed by atoms with E-state index in [0.29, 0.717) is 22.6 Å². The van der Waals surface area contributed by atoms with E-state index in [4.69, 9.17) is 0 Å². The summed E-state index contributed by atoms with van der Waals surface area (Å²) in [5.74, 6) is -0.498. The van der Waals surface area contributed by atoms with Crippen LogP contribution in [-0.4, -0.2) is 23.9 Å². The molecule has 0 spiro atoms. The molecule has 7 nitrogen and oxygen atoms in total. The second-order valence-electron chi connectivity index (χ2n) is 6.05. The maximum absolute atomic E-state index is 12.3. The van der Waals surface area contributed by atoms with Gasteiger partial charge in [0.1, 0.15) is 0 Å². The predicted octanol–water partition coefficient (Wildman–Crippen LogP) is 3.43. The molecule has 2 rings (SSSR count). The lowest BCUT2D eigenvalue weighted by molar-refractivity contribution is -0.114. The molecule has 2 aromatic carbocycles. The summed E-state index contributed by atoms with van der Waals surface area (Å²) >= 11 is 0. The molecule has 0 atom stereocenters. The Bertz CT molecular complexity index is 801. The number of hydrogen-bond donors (Lipinski definition) is 4. The number of amides is 4. The van der Waals surface area contributed by atoms with Gasteiger partial charge in [0.2, 0.25) is 5.91 Å². The fourth-order valence-electron chi connectivity index (χ4n) is 2.21. The first kappa shape index (κ1) is 19.0. The molecule has 26 heavy (non-hydrogen) atoms. The SMILES string of the molecule is CC(=O)Nc1cccc(C(=O)Nc2ccc(NC(=O)NC(C)C)cc2)c1. The van der Waals surface area contributed by atoms with Crippen LogP contribution in [0, 0.1) is 0 Å². The molecule has 0 radical (unpaired) electrons. The van der Waals surface area contributed by atoms with Crippen molar-refractivity contribution in [1.29, 1.82) is 0 Å². The summed E-state index contributed by atoms with van der Waals surface area (Å²) in [5.41, 5.74) is 2.19. The summed E-state index contributed by atoms with van der Waals surface area (Å²) < 4.78 is 0. The van der Waals surface area contributed by atoms with Crippen molar-refractivity contribution in [3.8, 4) is 0 Å². The van der Waals surface area contributed by atoms with Crippen LogP contribution in [0.2, 0.25) is 0 Å².